The molecule has 0 atom stereocenters. The maximum atomic E-state index is 12.6. The van der Waals surface area contributed by atoms with E-state index in [1.54, 1.807) is 18.2 Å². The van der Waals surface area contributed by atoms with Gasteiger partial charge < -0.3 is 4.42 Å². The molecule has 0 bridgehead atoms. The number of para-hydroxylation sites is 1. The lowest BCUT2D eigenvalue weighted by molar-refractivity contribution is 0.102. The molecule has 0 saturated heterocycles. The summed E-state index contributed by atoms with van der Waals surface area (Å²) in [6.07, 6.45) is 0. The fourth-order valence-electron chi connectivity index (χ4n) is 2.49. The van der Waals surface area contributed by atoms with Crippen LogP contribution in [-0.2, 0) is 0 Å². The molecule has 1 N–H and O–H groups in total. The van der Waals surface area contributed by atoms with E-state index >= 15 is 0 Å². The van der Waals surface area contributed by atoms with Crippen LogP contribution in [0.2, 0.25) is 0 Å². The van der Waals surface area contributed by atoms with Crippen LogP contribution in [0.5, 0.6) is 0 Å². The van der Waals surface area contributed by atoms with Crippen molar-refractivity contribution in [2.45, 2.75) is 0 Å². The van der Waals surface area contributed by atoms with Gasteiger partial charge in [-0.05, 0) is 12.1 Å². The average Bonchev–Trinajstić information content (AvgIpc) is 3.15. The van der Waals surface area contributed by atoms with Gasteiger partial charge in [-0.2, -0.15) is 0 Å². The second-order valence-corrected chi connectivity index (χ2v) is 6.05. The molecule has 122 valence electrons. The molecule has 7 heteroatoms. The van der Waals surface area contributed by atoms with E-state index in [0.29, 0.717) is 16.3 Å². The first kappa shape index (κ1) is 15.2. The summed E-state index contributed by atoms with van der Waals surface area (Å²) in [5.74, 6) is 0.00461. The Bertz CT molecular complexity index is 1110. The number of hydrogen-bond donors (Lipinski definition) is 1. The van der Waals surface area contributed by atoms with Crippen LogP contribution in [0, 0.1) is 0 Å². The van der Waals surface area contributed by atoms with Crippen LogP contribution in [0.3, 0.4) is 0 Å². The summed E-state index contributed by atoms with van der Waals surface area (Å²) in [6, 6.07) is 15.6. The number of hydrogen-bond acceptors (Lipinski definition) is 6. The van der Waals surface area contributed by atoms with E-state index in [-0.39, 0.29) is 16.6 Å². The first-order chi connectivity index (χ1) is 12.2. The molecule has 0 spiro atoms. The molecular weight excluding hydrogens is 338 g/mol. The van der Waals surface area contributed by atoms with Crippen molar-refractivity contribution in [2.75, 3.05) is 5.32 Å². The van der Waals surface area contributed by atoms with Crippen molar-refractivity contribution in [3.63, 3.8) is 0 Å². The van der Waals surface area contributed by atoms with Crippen molar-refractivity contribution in [3.8, 4) is 11.3 Å². The van der Waals surface area contributed by atoms with Crippen LogP contribution >= 0.6 is 11.3 Å². The van der Waals surface area contributed by atoms with Gasteiger partial charge in [-0.1, -0.05) is 47.7 Å². The molecule has 0 radical (unpaired) electrons. The topological polar surface area (TPSA) is 85.1 Å². The van der Waals surface area contributed by atoms with Gasteiger partial charge in [0.1, 0.15) is 11.3 Å². The molecule has 2 aromatic heterocycles. The van der Waals surface area contributed by atoms with Crippen LogP contribution < -0.4 is 10.7 Å². The summed E-state index contributed by atoms with van der Waals surface area (Å²) >= 11 is 1.21. The van der Waals surface area contributed by atoms with Crippen molar-refractivity contribution < 1.29 is 9.21 Å². The van der Waals surface area contributed by atoms with Gasteiger partial charge in [0, 0.05) is 11.6 Å². The van der Waals surface area contributed by atoms with E-state index in [2.05, 4.69) is 15.5 Å². The maximum Gasteiger partial charge on any atom is 0.261 e. The Morgan fingerprint density at radius 3 is 2.68 bits per heavy atom. The zero-order valence-corrected chi connectivity index (χ0v) is 13.6. The highest BCUT2D eigenvalue weighted by Crippen LogP contribution is 2.25. The highest BCUT2D eigenvalue weighted by molar-refractivity contribution is 7.13. The predicted octanol–water partition coefficient (Wildman–Crippen LogP) is 3.56. The molecule has 0 unspecified atom stereocenters. The van der Waals surface area contributed by atoms with Gasteiger partial charge in [0.05, 0.1) is 10.9 Å². The maximum absolute atomic E-state index is 12.6. The van der Waals surface area contributed by atoms with Crippen molar-refractivity contribution in [2.24, 2.45) is 0 Å². The molecule has 0 saturated carbocycles. The van der Waals surface area contributed by atoms with Gasteiger partial charge in [-0.15, -0.1) is 10.2 Å². The second kappa shape index (κ2) is 6.29. The van der Waals surface area contributed by atoms with Crippen LogP contribution in [0.1, 0.15) is 10.4 Å². The number of rotatable bonds is 3. The second-order valence-electron chi connectivity index (χ2n) is 5.22. The number of nitrogens with one attached hydrogen (secondary N) is 1. The minimum absolute atomic E-state index is 0.203. The van der Waals surface area contributed by atoms with Gasteiger partial charge in [0.15, 0.2) is 11.0 Å². The number of nitrogens with zero attached hydrogens (tertiary/aromatic N) is 2. The predicted molar refractivity (Wildman–Crippen MR) is 95.8 cm³/mol. The van der Waals surface area contributed by atoms with Crippen LogP contribution in [-0.4, -0.2) is 16.1 Å². The molecule has 4 rings (SSSR count). The van der Waals surface area contributed by atoms with Crippen LogP contribution in [0.15, 0.2) is 69.3 Å². The van der Waals surface area contributed by atoms with E-state index in [4.69, 9.17) is 4.42 Å². The molecule has 2 aromatic carbocycles. The largest absolute Gasteiger partial charge is 0.455 e. The third-order valence-electron chi connectivity index (χ3n) is 3.64. The van der Waals surface area contributed by atoms with Gasteiger partial charge in [-0.25, -0.2) is 0 Å². The monoisotopic (exact) mass is 349 g/mol. The first-order valence-corrected chi connectivity index (χ1v) is 8.30. The van der Waals surface area contributed by atoms with Gasteiger partial charge in [-0.3, -0.25) is 14.9 Å². The number of anilines is 1. The SMILES string of the molecule is O=C(Nc1nncs1)c1cccc2c(=O)cc(-c3ccccc3)oc12. The highest BCUT2D eigenvalue weighted by Gasteiger charge is 2.16. The molecule has 0 fully saturated rings. The Hall–Kier alpha value is -3.32. The summed E-state index contributed by atoms with van der Waals surface area (Å²) in [4.78, 5) is 25.0. The summed E-state index contributed by atoms with van der Waals surface area (Å²) in [5.41, 5.74) is 2.59. The summed E-state index contributed by atoms with van der Waals surface area (Å²) in [7, 11) is 0. The normalized spacial score (nSPS) is 10.7. The van der Waals surface area contributed by atoms with Crippen LogP contribution in [0.4, 0.5) is 5.13 Å². The highest BCUT2D eigenvalue weighted by atomic mass is 32.1. The molecule has 4 aromatic rings. The summed E-state index contributed by atoms with van der Waals surface area (Å²) in [6.45, 7) is 0. The number of aromatic nitrogens is 2. The Balaban J connectivity index is 1.86. The number of carbonyl (C=O) groups excluding carboxylic acids is 1. The van der Waals surface area contributed by atoms with Crippen molar-refractivity contribution >= 4 is 33.3 Å². The average molecular weight is 349 g/mol. The third-order valence-corrected chi connectivity index (χ3v) is 4.24. The summed E-state index contributed by atoms with van der Waals surface area (Å²) in [5, 5.41) is 10.9. The quantitative estimate of drug-likeness (QED) is 0.611. The smallest absolute Gasteiger partial charge is 0.261 e. The standard InChI is InChI=1S/C18H11N3O3S/c22-14-9-15(11-5-2-1-3-6-11)24-16-12(14)7-4-8-13(16)17(23)20-18-21-19-10-25-18/h1-10H,(H,20,21,23). The van der Waals surface area contributed by atoms with E-state index in [1.165, 1.54) is 22.9 Å². The Labute approximate surface area is 145 Å². The fourth-order valence-corrected chi connectivity index (χ4v) is 2.93. The Morgan fingerprint density at radius 1 is 1.08 bits per heavy atom. The van der Waals surface area contributed by atoms with E-state index in [0.717, 1.165) is 5.56 Å². The molecule has 2 heterocycles. The summed E-state index contributed by atoms with van der Waals surface area (Å²) < 4.78 is 5.91. The van der Waals surface area contributed by atoms with Gasteiger partial charge in [0.2, 0.25) is 5.13 Å². The minimum atomic E-state index is -0.407. The lowest BCUT2D eigenvalue weighted by atomic mass is 10.1. The van der Waals surface area contributed by atoms with Gasteiger partial charge in [0.25, 0.3) is 5.91 Å². The zero-order chi connectivity index (χ0) is 17.2. The zero-order valence-electron chi connectivity index (χ0n) is 12.8. The Morgan fingerprint density at radius 2 is 1.92 bits per heavy atom. The molecule has 6 nitrogen and oxygen atoms in total. The van der Waals surface area contributed by atoms with Crippen molar-refractivity contribution in [1.82, 2.24) is 10.2 Å². The minimum Gasteiger partial charge on any atom is -0.455 e. The third kappa shape index (κ3) is 2.92. The molecule has 25 heavy (non-hydrogen) atoms. The van der Waals surface area contributed by atoms with Crippen molar-refractivity contribution in [1.29, 1.82) is 0 Å². The Kier molecular flexibility index (Phi) is 3.83. The van der Waals surface area contributed by atoms with E-state index in [9.17, 15) is 9.59 Å². The lowest BCUT2D eigenvalue weighted by Gasteiger charge is -2.07. The van der Waals surface area contributed by atoms with Gasteiger partial charge >= 0.3 is 0 Å². The number of carbonyl (C=O) groups is 1. The van der Waals surface area contributed by atoms with E-state index in [1.807, 2.05) is 30.3 Å². The fraction of sp³-hybridized carbons (Fsp3) is 0. The number of benzene rings is 2. The molecule has 0 aliphatic carbocycles. The first-order valence-electron chi connectivity index (χ1n) is 7.42. The van der Waals surface area contributed by atoms with Crippen molar-refractivity contribution in [3.05, 3.63) is 75.9 Å². The van der Waals surface area contributed by atoms with Crippen LogP contribution in [0.25, 0.3) is 22.3 Å². The molecule has 0 aliphatic heterocycles. The number of fused-ring (bicyclic) bond motifs is 1. The molecule has 1 amide bonds. The molecule has 0 aliphatic rings. The number of amides is 1. The molecular formula is C18H11N3O3S. The lowest BCUT2D eigenvalue weighted by Crippen LogP contribution is -2.13. The van der Waals surface area contributed by atoms with E-state index < -0.39 is 5.91 Å².